The van der Waals surface area contributed by atoms with Crippen molar-refractivity contribution in [2.45, 2.75) is 25.2 Å². The molecular weight excluding hydrogens is 260 g/mol. The van der Waals surface area contributed by atoms with Crippen molar-refractivity contribution in [3.05, 3.63) is 59.4 Å². The van der Waals surface area contributed by atoms with Crippen LogP contribution in [0.15, 0.2) is 42.6 Å². The first-order chi connectivity index (χ1) is 10.3. The second-order valence-electron chi connectivity index (χ2n) is 5.65. The number of hydrogen-bond acceptors (Lipinski definition) is 3. The third-order valence-corrected chi connectivity index (χ3v) is 4.15. The van der Waals surface area contributed by atoms with E-state index in [4.69, 9.17) is 4.74 Å². The highest BCUT2D eigenvalue weighted by Gasteiger charge is 2.15. The molecule has 1 aliphatic rings. The summed E-state index contributed by atoms with van der Waals surface area (Å²) in [6.07, 6.45) is 5.36. The van der Waals surface area contributed by atoms with Gasteiger partial charge in [-0.25, -0.2) is 0 Å². The maximum absolute atomic E-state index is 5.20. The van der Waals surface area contributed by atoms with Crippen LogP contribution in [0, 0.1) is 0 Å². The van der Waals surface area contributed by atoms with E-state index in [-0.39, 0.29) is 0 Å². The molecule has 2 heterocycles. The molecule has 0 aliphatic carbocycles. The fraction of sp³-hybridized carbons (Fsp3) is 0.389. The van der Waals surface area contributed by atoms with Gasteiger partial charge in [0.05, 0.1) is 7.11 Å². The summed E-state index contributed by atoms with van der Waals surface area (Å²) in [5.74, 6) is 1.53. The van der Waals surface area contributed by atoms with Crippen molar-refractivity contribution in [3.63, 3.8) is 0 Å². The molecule has 0 spiro atoms. The molecule has 3 nitrogen and oxygen atoms in total. The Morgan fingerprint density at radius 1 is 1.24 bits per heavy atom. The summed E-state index contributed by atoms with van der Waals surface area (Å²) < 4.78 is 5.20. The predicted octanol–water partition coefficient (Wildman–Crippen LogP) is 3.15. The van der Waals surface area contributed by atoms with Crippen molar-refractivity contribution < 1.29 is 4.74 Å². The molecule has 0 bridgehead atoms. The van der Waals surface area contributed by atoms with E-state index in [0.29, 0.717) is 5.92 Å². The topological polar surface area (TPSA) is 34.1 Å². The summed E-state index contributed by atoms with van der Waals surface area (Å²) in [6, 6.07) is 12.6. The lowest BCUT2D eigenvalue weighted by atomic mass is 9.91. The third-order valence-electron chi connectivity index (χ3n) is 4.15. The number of piperidine rings is 1. The zero-order valence-corrected chi connectivity index (χ0v) is 12.5. The van der Waals surface area contributed by atoms with Crippen LogP contribution in [0.4, 0.5) is 0 Å². The highest BCUT2D eigenvalue weighted by Crippen LogP contribution is 2.24. The Kier molecular flexibility index (Phi) is 4.51. The number of hydrogen-bond donors (Lipinski definition) is 1. The maximum Gasteiger partial charge on any atom is 0.118 e. The molecule has 1 aliphatic heterocycles. The van der Waals surface area contributed by atoms with Crippen molar-refractivity contribution >= 4 is 0 Å². The molecule has 1 unspecified atom stereocenters. The van der Waals surface area contributed by atoms with E-state index in [9.17, 15) is 0 Å². The first-order valence-electron chi connectivity index (χ1n) is 7.63. The van der Waals surface area contributed by atoms with Gasteiger partial charge in [0.1, 0.15) is 5.75 Å². The van der Waals surface area contributed by atoms with Gasteiger partial charge >= 0.3 is 0 Å². The number of nitrogens with one attached hydrogen (secondary N) is 1. The van der Waals surface area contributed by atoms with Gasteiger partial charge in [-0.3, -0.25) is 4.98 Å². The minimum absolute atomic E-state index is 0.636. The zero-order chi connectivity index (χ0) is 14.5. The van der Waals surface area contributed by atoms with Gasteiger partial charge in [0, 0.05) is 24.9 Å². The SMILES string of the molecule is COc1ccc(Cc2cc(C3CCCNC3)ccn2)cc1. The Morgan fingerprint density at radius 2 is 2.10 bits per heavy atom. The maximum atomic E-state index is 5.20. The van der Waals surface area contributed by atoms with E-state index in [1.807, 2.05) is 18.3 Å². The van der Waals surface area contributed by atoms with Crippen molar-refractivity contribution in [2.24, 2.45) is 0 Å². The Hall–Kier alpha value is -1.87. The van der Waals surface area contributed by atoms with Crippen LogP contribution in [0.5, 0.6) is 5.75 Å². The number of ether oxygens (including phenoxy) is 1. The van der Waals surface area contributed by atoms with Crippen LogP contribution in [-0.2, 0) is 6.42 Å². The van der Waals surface area contributed by atoms with Gasteiger partial charge in [0.25, 0.3) is 0 Å². The Morgan fingerprint density at radius 3 is 2.81 bits per heavy atom. The summed E-state index contributed by atoms with van der Waals surface area (Å²) in [5, 5.41) is 3.48. The lowest BCUT2D eigenvalue weighted by Crippen LogP contribution is -2.28. The van der Waals surface area contributed by atoms with Gasteiger partial charge in [0.2, 0.25) is 0 Å². The fourth-order valence-electron chi connectivity index (χ4n) is 2.94. The van der Waals surface area contributed by atoms with Gasteiger partial charge < -0.3 is 10.1 Å². The highest BCUT2D eigenvalue weighted by atomic mass is 16.5. The number of rotatable bonds is 4. The molecule has 21 heavy (non-hydrogen) atoms. The molecule has 0 radical (unpaired) electrons. The molecule has 1 aromatic carbocycles. The number of pyridine rings is 1. The molecule has 1 N–H and O–H groups in total. The summed E-state index contributed by atoms with van der Waals surface area (Å²) in [5.41, 5.74) is 3.83. The molecule has 3 heteroatoms. The highest BCUT2D eigenvalue weighted by molar-refractivity contribution is 5.31. The Labute approximate surface area is 126 Å². The van der Waals surface area contributed by atoms with Crippen LogP contribution < -0.4 is 10.1 Å². The van der Waals surface area contributed by atoms with Crippen LogP contribution in [-0.4, -0.2) is 25.2 Å². The number of benzene rings is 1. The van der Waals surface area contributed by atoms with Crippen molar-refractivity contribution in [2.75, 3.05) is 20.2 Å². The summed E-state index contributed by atoms with van der Waals surface area (Å²) in [7, 11) is 1.69. The molecule has 2 aromatic rings. The van der Waals surface area contributed by atoms with Crippen LogP contribution in [0.1, 0.15) is 35.6 Å². The van der Waals surface area contributed by atoms with Crippen LogP contribution in [0.25, 0.3) is 0 Å². The molecule has 110 valence electrons. The first-order valence-corrected chi connectivity index (χ1v) is 7.63. The third kappa shape index (κ3) is 3.61. The Balaban J connectivity index is 1.72. The standard InChI is InChI=1S/C18H22N2O/c1-21-18-6-4-14(5-7-18)11-17-12-15(8-10-20-17)16-3-2-9-19-13-16/h4-8,10,12,16,19H,2-3,9,11,13H2,1H3. The largest absolute Gasteiger partial charge is 0.497 e. The lowest BCUT2D eigenvalue weighted by molar-refractivity contribution is 0.414. The van der Waals surface area contributed by atoms with Crippen LogP contribution in [0.2, 0.25) is 0 Å². The van der Waals surface area contributed by atoms with E-state index < -0.39 is 0 Å². The molecule has 0 amide bonds. The molecule has 1 atom stereocenters. The van der Waals surface area contributed by atoms with E-state index >= 15 is 0 Å². The van der Waals surface area contributed by atoms with Gasteiger partial charge in [-0.2, -0.15) is 0 Å². The second kappa shape index (κ2) is 6.72. The first kappa shape index (κ1) is 14.1. The normalized spacial score (nSPS) is 18.4. The number of methoxy groups -OCH3 is 1. The second-order valence-corrected chi connectivity index (χ2v) is 5.65. The monoisotopic (exact) mass is 282 g/mol. The van der Waals surface area contributed by atoms with Gasteiger partial charge in [-0.15, -0.1) is 0 Å². The van der Waals surface area contributed by atoms with Gasteiger partial charge in [0.15, 0.2) is 0 Å². The molecule has 1 fully saturated rings. The predicted molar refractivity (Wildman–Crippen MR) is 84.9 cm³/mol. The molecule has 0 saturated carbocycles. The minimum Gasteiger partial charge on any atom is -0.497 e. The van der Waals surface area contributed by atoms with Crippen molar-refractivity contribution in [1.29, 1.82) is 0 Å². The summed E-state index contributed by atoms with van der Waals surface area (Å²) in [6.45, 7) is 2.24. The zero-order valence-electron chi connectivity index (χ0n) is 12.5. The fourth-order valence-corrected chi connectivity index (χ4v) is 2.94. The Bertz CT molecular complexity index is 574. The van der Waals surface area contributed by atoms with Gasteiger partial charge in [-0.05, 0) is 60.7 Å². The van der Waals surface area contributed by atoms with Gasteiger partial charge in [-0.1, -0.05) is 12.1 Å². The quantitative estimate of drug-likeness (QED) is 0.935. The van der Waals surface area contributed by atoms with Crippen LogP contribution >= 0.6 is 0 Å². The van der Waals surface area contributed by atoms with Crippen molar-refractivity contribution in [3.8, 4) is 5.75 Å². The van der Waals surface area contributed by atoms with Crippen molar-refractivity contribution in [1.82, 2.24) is 10.3 Å². The van der Waals surface area contributed by atoms with E-state index in [1.54, 1.807) is 7.11 Å². The van der Waals surface area contributed by atoms with E-state index in [0.717, 1.165) is 31.0 Å². The molecule has 3 rings (SSSR count). The number of aromatic nitrogens is 1. The molecule has 1 aromatic heterocycles. The average molecular weight is 282 g/mol. The minimum atomic E-state index is 0.636. The van der Waals surface area contributed by atoms with Crippen LogP contribution in [0.3, 0.4) is 0 Å². The average Bonchev–Trinajstić information content (AvgIpc) is 2.57. The van der Waals surface area contributed by atoms with E-state index in [1.165, 1.54) is 24.0 Å². The summed E-state index contributed by atoms with van der Waals surface area (Å²) in [4.78, 5) is 4.52. The smallest absolute Gasteiger partial charge is 0.118 e. The molecule has 1 saturated heterocycles. The summed E-state index contributed by atoms with van der Waals surface area (Å²) >= 11 is 0. The van der Waals surface area contributed by atoms with E-state index in [2.05, 4.69) is 34.6 Å². The lowest BCUT2D eigenvalue weighted by Gasteiger charge is -2.23. The molecular formula is C18H22N2O. The number of nitrogens with zero attached hydrogens (tertiary/aromatic N) is 1.